The van der Waals surface area contributed by atoms with Crippen LogP contribution < -0.4 is 5.32 Å². The Morgan fingerprint density at radius 3 is 2.94 bits per heavy atom. The minimum absolute atomic E-state index is 0.0244. The average Bonchev–Trinajstić information content (AvgIpc) is 2.36. The summed E-state index contributed by atoms with van der Waals surface area (Å²) in [6, 6.07) is 0. The number of likely N-dealkylation sites (tertiary alicyclic amines) is 1. The first-order valence-electron chi connectivity index (χ1n) is 6.41. The monoisotopic (exact) mass is 258 g/mol. The quantitative estimate of drug-likeness (QED) is 0.668. The highest BCUT2D eigenvalue weighted by Crippen LogP contribution is 2.15. The number of hydrogen-bond acceptors (Lipinski definition) is 4. The van der Waals surface area contributed by atoms with Crippen LogP contribution in [0.1, 0.15) is 19.8 Å². The molecule has 1 unspecified atom stereocenters. The van der Waals surface area contributed by atoms with E-state index >= 15 is 0 Å². The van der Waals surface area contributed by atoms with Crippen LogP contribution >= 0.6 is 0 Å². The van der Waals surface area contributed by atoms with Gasteiger partial charge in [0.1, 0.15) is 6.61 Å². The van der Waals surface area contributed by atoms with Crippen LogP contribution in [-0.4, -0.2) is 61.3 Å². The summed E-state index contributed by atoms with van der Waals surface area (Å²) in [6.07, 6.45) is 2.00. The van der Waals surface area contributed by atoms with Crippen molar-refractivity contribution in [1.29, 1.82) is 0 Å². The van der Waals surface area contributed by atoms with Gasteiger partial charge in [0.15, 0.2) is 0 Å². The highest BCUT2D eigenvalue weighted by molar-refractivity contribution is 5.77. The summed E-state index contributed by atoms with van der Waals surface area (Å²) in [5.41, 5.74) is 0. The molecule has 0 radical (unpaired) electrons. The summed E-state index contributed by atoms with van der Waals surface area (Å²) in [4.78, 5) is 24.0. The van der Waals surface area contributed by atoms with Crippen LogP contribution in [0.25, 0.3) is 0 Å². The standard InChI is InChI=1S/C12H22N2O4/c1-2-18-9-11(15)14-5-3-4-10(8-14)6-13-7-12(16)17/h10,13H,2-9H2,1H3,(H,16,17). The third-order valence-electron chi connectivity index (χ3n) is 3.01. The van der Waals surface area contributed by atoms with Crippen LogP contribution in [-0.2, 0) is 14.3 Å². The summed E-state index contributed by atoms with van der Waals surface area (Å²) in [6.45, 7) is 4.64. The van der Waals surface area contributed by atoms with Crippen molar-refractivity contribution in [1.82, 2.24) is 10.2 Å². The van der Waals surface area contributed by atoms with Gasteiger partial charge in [0.25, 0.3) is 0 Å². The van der Waals surface area contributed by atoms with Crippen molar-refractivity contribution in [2.24, 2.45) is 5.92 Å². The molecule has 1 saturated heterocycles. The van der Waals surface area contributed by atoms with Crippen molar-refractivity contribution in [2.75, 3.05) is 39.4 Å². The molecule has 0 aromatic rings. The fourth-order valence-corrected chi connectivity index (χ4v) is 2.12. The molecule has 0 aromatic carbocycles. The van der Waals surface area contributed by atoms with Gasteiger partial charge in [0.05, 0.1) is 6.54 Å². The number of nitrogens with one attached hydrogen (secondary N) is 1. The predicted octanol–water partition coefficient (Wildman–Crippen LogP) is -0.0643. The zero-order valence-electron chi connectivity index (χ0n) is 10.9. The van der Waals surface area contributed by atoms with Crippen molar-refractivity contribution in [3.05, 3.63) is 0 Å². The number of piperidine rings is 1. The maximum Gasteiger partial charge on any atom is 0.317 e. The molecule has 1 aliphatic heterocycles. The summed E-state index contributed by atoms with van der Waals surface area (Å²) in [7, 11) is 0. The molecule has 1 atom stereocenters. The van der Waals surface area contributed by atoms with Crippen molar-refractivity contribution in [3.8, 4) is 0 Å². The lowest BCUT2D eigenvalue weighted by molar-refractivity contribution is -0.138. The van der Waals surface area contributed by atoms with Crippen molar-refractivity contribution < 1.29 is 19.4 Å². The van der Waals surface area contributed by atoms with Gasteiger partial charge in [-0.15, -0.1) is 0 Å². The second-order valence-electron chi connectivity index (χ2n) is 4.51. The minimum atomic E-state index is -0.852. The Morgan fingerprint density at radius 2 is 2.28 bits per heavy atom. The first-order chi connectivity index (χ1) is 8.63. The van der Waals surface area contributed by atoms with E-state index in [1.54, 1.807) is 0 Å². The smallest absolute Gasteiger partial charge is 0.317 e. The first kappa shape index (κ1) is 14.9. The SMILES string of the molecule is CCOCC(=O)N1CCCC(CNCC(=O)O)C1. The second kappa shape index (κ2) is 8.05. The highest BCUT2D eigenvalue weighted by Gasteiger charge is 2.23. The largest absolute Gasteiger partial charge is 0.480 e. The number of rotatable bonds is 7. The van der Waals surface area contributed by atoms with E-state index in [1.165, 1.54) is 0 Å². The lowest BCUT2D eigenvalue weighted by atomic mass is 9.98. The normalized spacial score (nSPS) is 19.8. The molecule has 1 heterocycles. The molecule has 6 nitrogen and oxygen atoms in total. The molecule has 18 heavy (non-hydrogen) atoms. The lowest BCUT2D eigenvalue weighted by Gasteiger charge is -2.32. The Kier molecular flexibility index (Phi) is 6.67. The van der Waals surface area contributed by atoms with Gasteiger partial charge in [-0.3, -0.25) is 9.59 Å². The second-order valence-corrected chi connectivity index (χ2v) is 4.51. The molecule has 0 aromatic heterocycles. The number of nitrogens with zero attached hydrogens (tertiary/aromatic N) is 1. The van der Waals surface area contributed by atoms with Crippen LogP contribution in [0.4, 0.5) is 0 Å². The lowest BCUT2D eigenvalue weighted by Crippen LogP contribution is -2.44. The molecule has 1 rings (SSSR count). The van der Waals surface area contributed by atoms with Crippen LogP contribution in [0.3, 0.4) is 0 Å². The van der Waals surface area contributed by atoms with E-state index in [-0.39, 0.29) is 19.1 Å². The Hall–Kier alpha value is -1.14. The number of carboxylic acids is 1. The van der Waals surface area contributed by atoms with Gasteiger partial charge in [-0.1, -0.05) is 0 Å². The molecular formula is C12H22N2O4. The number of aliphatic carboxylic acids is 1. The Balaban J connectivity index is 2.27. The molecule has 1 amide bonds. The van der Waals surface area contributed by atoms with Gasteiger partial charge in [-0.05, 0) is 25.7 Å². The van der Waals surface area contributed by atoms with E-state index in [9.17, 15) is 9.59 Å². The molecule has 2 N–H and O–H groups in total. The van der Waals surface area contributed by atoms with Gasteiger partial charge in [0.2, 0.25) is 5.91 Å². The van der Waals surface area contributed by atoms with Crippen molar-refractivity contribution in [3.63, 3.8) is 0 Å². The number of carbonyl (C=O) groups excluding carboxylic acids is 1. The van der Waals surface area contributed by atoms with Crippen LogP contribution in [0.5, 0.6) is 0 Å². The van der Waals surface area contributed by atoms with Gasteiger partial charge < -0.3 is 20.1 Å². The van der Waals surface area contributed by atoms with E-state index in [0.29, 0.717) is 25.6 Å². The summed E-state index contributed by atoms with van der Waals surface area (Å²) < 4.78 is 5.11. The van der Waals surface area contributed by atoms with E-state index in [4.69, 9.17) is 9.84 Å². The zero-order chi connectivity index (χ0) is 13.4. The Morgan fingerprint density at radius 1 is 1.50 bits per heavy atom. The number of carbonyl (C=O) groups is 2. The Labute approximate surface area is 107 Å². The predicted molar refractivity (Wildman–Crippen MR) is 66.3 cm³/mol. The van der Waals surface area contributed by atoms with Gasteiger partial charge in [0, 0.05) is 26.2 Å². The third-order valence-corrected chi connectivity index (χ3v) is 3.01. The van der Waals surface area contributed by atoms with E-state index in [1.807, 2.05) is 11.8 Å². The molecule has 0 aliphatic carbocycles. The first-order valence-corrected chi connectivity index (χ1v) is 6.41. The van der Waals surface area contributed by atoms with E-state index in [2.05, 4.69) is 5.32 Å². The number of hydrogen-bond donors (Lipinski definition) is 2. The summed E-state index contributed by atoms with van der Waals surface area (Å²) in [5, 5.41) is 11.4. The number of ether oxygens (including phenoxy) is 1. The van der Waals surface area contributed by atoms with Crippen molar-refractivity contribution in [2.45, 2.75) is 19.8 Å². The van der Waals surface area contributed by atoms with E-state index < -0.39 is 5.97 Å². The number of carboxylic acid groups (broad SMARTS) is 1. The molecule has 0 saturated carbocycles. The maximum atomic E-state index is 11.8. The summed E-state index contributed by atoms with van der Waals surface area (Å²) >= 11 is 0. The molecular weight excluding hydrogens is 236 g/mol. The maximum absolute atomic E-state index is 11.8. The van der Waals surface area contributed by atoms with Gasteiger partial charge in [-0.2, -0.15) is 0 Å². The molecule has 0 spiro atoms. The fourth-order valence-electron chi connectivity index (χ4n) is 2.12. The fraction of sp³-hybridized carbons (Fsp3) is 0.833. The molecule has 1 aliphatic rings. The third kappa shape index (κ3) is 5.46. The van der Waals surface area contributed by atoms with Crippen LogP contribution in [0.2, 0.25) is 0 Å². The molecule has 104 valence electrons. The highest BCUT2D eigenvalue weighted by atomic mass is 16.5. The number of amides is 1. The van der Waals surface area contributed by atoms with Gasteiger partial charge >= 0.3 is 5.97 Å². The summed E-state index contributed by atoms with van der Waals surface area (Å²) in [5.74, 6) is -0.487. The minimum Gasteiger partial charge on any atom is -0.480 e. The molecule has 1 fully saturated rings. The zero-order valence-corrected chi connectivity index (χ0v) is 10.9. The van der Waals surface area contributed by atoms with Crippen LogP contribution in [0, 0.1) is 5.92 Å². The average molecular weight is 258 g/mol. The Bertz CT molecular complexity index is 283. The molecule has 6 heteroatoms. The van der Waals surface area contributed by atoms with E-state index in [0.717, 1.165) is 19.4 Å². The molecule has 0 bridgehead atoms. The van der Waals surface area contributed by atoms with Crippen LogP contribution in [0.15, 0.2) is 0 Å². The topological polar surface area (TPSA) is 78.9 Å². The van der Waals surface area contributed by atoms with Crippen molar-refractivity contribution >= 4 is 11.9 Å². The van der Waals surface area contributed by atoms with Gasteiger partial charge in [-0.25, -0.2) is 0 Å².